The molecule has 0 spiro atoms. The van der Waals surface area contributed by atoms with E-state index in [9.17, 15) is 9.59 Å². The van der Waals surface area contributed by atoms with Gasteiger partial charge in [0.1, 0.15) is 11.9 Å². The first-order valence-electron chi connectivity index (χ1n) is 11.5. The van der Waals surface area contributed by atoms with E-state index >= 15 is 0 Å². The van der Waals surface area contributed by atoms with Gasteiger partial charge in [-0.2, -0.15) is 0 Å². The molecule has 3 saturated heterocycles. The molecule has 1 aromatic carbocycles. The van der Waals surface area contributed by atoms with Crippen molar-refractivity contribution in [3.63, 3.8) is 0 Å². The lowest BCUT2D eigenvalue weighted by atomic mass is 9.96. The van der Waals surface area contributed by atoms with Crippen LogP contribution < -0.4 is 9.64 Å². The first-order valence-corrected chi connectivity index (χ1v) is 12.3. The van der Waals surface area contributed by atoms with E-state index in [0.717, 1.165) is 53.3 Å². The second-order valence-electron chi connectivity index (χ2n) is 8.77. The van der Waals surface area contributed by atoms with Gasteiger partial charge in [-0.1, -0.05) is 11.3 Å². The summed E-state index contributed by atoms with van der Waals surface area (Å²) in [6.07, 6.45) is 3.37. The van der Waals surface area contributed by atoms with Crippen molar-refractivity contribution in [2.75, 3.05) is 57.9 Å². The van der Waals surface area contributed by atoms with Gasteiger partial charge in [0.15, 0.2) is 5.13 Å². The third kappa shape index (κ3) is 4.28. The molecule has 1 aromatic heterocycles. The molecule has 172 valence electrons. The van der Waals surface area contributed by atoms with Crippen LogP contribution >= 0.6 is 11.3 Å². The molecule has 2 atom stereocenters. The number of hydrogen-bond acceptors (Lipinski definition) is 7. The van der Waals surface area contributed by atoms with Crippen molar-refractivity contribution >= 4 is 38.5 Å². The fraction of sp³-hybridized carbons (Fsp3) is 0.609. The third-order valence-corrected chi connectivity index (χ3v) is 7.81. The molecule has 2 aromatic rings. The molecule has 4 heterocycles. The van der Waals surface area contributed by atoms with E-state index in [4.69, 9.17) is 14.5 Å². The van der Waals surface area contributed by atoms with Gasteiger partial charge in [0.05, 0.1) is 23.2 Å². The number of aromatic nitrogens is 1. The maximum atomic E-state index is 13.3. The van der Waals surface area contributed by atoms with E-state index in [2.05, 4.69) is 4.90 Å². The van der Waals surface area contributed by atoms with Crippen LogP contribution in [0.15, 0.2) is 18.2 Å². The maximum Gasteiger partial charge on any atom is 0.251 e. The number of piperazine rings is 1. The van der Waals surface area contributed by atoms with Gasteiger partial charge < -0.3 is 24.2 Å². The minimum atomic E-state index is -0.280. The number of ether oxygens (including phenoxy) is 2. The molecule has 32 heavy (non-hydrogen) atoms. The van der Waals surface area contributed by atoms with Crippen molar-refractivity contribution < 1.29 is 19.1 Å². The van der Waals surface area contributed by atoms with Crippen LogP contribution in [0.3, 0.4) is 0 Å². The summed E-state index contributed by atoms with van der Waals surface area (Å²) >= 11 is 1.65. The van der Waals surface area contributed by atoms with E-state index in [1.54, 1.807) is 18.4 Å². The largest absolute Gasteiger partial charge is 0.497 e. The van der Waals surface area contributed by atoms with Crippen LogP contribution in [-0.2, 0) is 14.3 Å². The molecule has 3 fully saturated rings. The third-order valence-electron chi connectivity index (χ3n) is 6.73. The van der Waals surface area contributed by atoms with Gasteiger partial charge in [-0.05, 0) is 43.9 Å². The monoisotopic (exact) mass is 458 g/mol. The van der Waals surface area contributed by atoms with Crippen LogP contribution in [0.2, 0.25) is 0 Å². The van der Waals surface area contributed by atoms with Crippen molar-refractivity contribution in [2.45, 2.75) is 31.8 Å². The van der Waals surface area contributed by atoms with Crippen molar-refractivity contribution in [3.8, 4) is 5.75 Å². The second kappa shape index (κ2) is 9.23. The van der Waals surface area contributed by atoms with E-state index in [1.165, 1.54) is 0 Å². The van der Waals surface area contributed by atoms with Crippen molar-refractivity contribution in [1.82, 2.24) is 14.8 Å². The van der Waals surface area contributed by atoms with Gasteiger partial charge >= 0.3 is 0 Å². The second-order valence-corrected chi connectivity index (χ2v) is 9.78. The standard InChI is InChI=1S/C23H30N4O4S/c1-30-17-6-7-18-20(14-17)32-23(24-18)27-8-2-4-16(15-27)21(28)25-9-11-26(12-10-25)22(29)19-5-3-13-31-19/h6-7,14,16,19H,2-5,8-13,15H2,1H3. The number of thiazole rings is 1. The van der Waals surface area contributed by atoms with Crippen LogP contribution in [0.1, 0.15) is 25.7 Å². The lowest BCUT2D eigenvalue weighted by Gasteiger charge is -2.39. The van der Waals surface area contributed by atoms with Gasteiger partial charge in [-0.25, -0.2) is 4.98 Å². The van der Waals surface area contributed by atoms with E-state index in [-0.39, 0.29) is 23.8 Å². The Balaban J connectivity index is 1.19. The molecule has 0 aliphatic carbocycles. The fourth-order valence-electron chi connectivity index (χ4n) is 4.89. The number of nitrogens with zero attached hydrogens (tertiary/aromatic N) is 4. The molecule has 9 heteroatoms. The normalized spacial score (nSPS) is 24.2. The molecule has 0 saturated carbocycles. The van der Waals surface area contributed by atoms with Crippen LogP contribution in [0.5, 0.6) is 5.75 Å². The predicted octanol–water partition coefficient (Wildman–Crippen LogP) is 2.37. The molecule has 2 unspecified atom stereocenters. The Labute approximate surface area is 192 Å². The fourth-order valence-corrected chi connectivity index (χ4v) is 5.92. The number of benzene rings is 1. The number of carbonyl (C=O) groups excluding carboxylic acids is 2. The van der Waals surface area contributed by atoms with Crippen molar-refractivity contribution in [2.24, 2.45) is 5.92 Å². The Kier molecular flexibility index (Phi) is 6.19. The molecular weight excluding hydrogens is 428 g/mol. The van der Waals surface area contributed by atoms with E-state index in [0.29, 0.717) is 39.3 Å². The highest BCUT2D eigenvalue weighted by Crippen LogP contribution is 2.34. The van der Waals surface area contributed by atoms with Crippen LogP contribution in [0, 0.1) is 5.92 Å². The number of hydrogen-bond donors (Lipinski definition) is 0. The van der Waals surface area contributed by atoms with Gasteiger partial charge in [-0.15, -0.1) is 0 Å². The number of piperidine rings is 1. The molecule has 0 radical (unpaired) electrons. The number of rotatable bonds is 4. The summed E-state index contributed by atoms with van der Waals surface area (Å²) in [5.41, 5.74) is 0.964. The number of methoxy groups -OCH3 is 1. The predicted molar refractivity (Wildman–Crippen MR) is 123 cm³/mol. The van der Waals surface area contributed by atoms with E-state index in [1.807, 2.05) is 28.0 Å². The Morgan fingerprint density at radius 1 is 1.06 bits per heavy atom. The lowest BCUT2D eigenvalue weighted by molar-refractivity contribution is -0.147. The van der Waals surface area contributed by atoms with Crippen molar-refractivity contribution in [3.05, 3.63) is 18.2 Å². The molecule has 5 rings (SSSR count). The van der Waals surface area contributed by atoms with Gasteiger partial charge in [0.2, 0.25) is 5.91 Å². The molecular formula is C23H30N4O4S. The smallest absolute Gasteiger partial charge is 0.251 e. The number of carbonyl (C=O) groups is 2. The molecule has 3 aliphatic heterocycles. The first-order chi connectivity index (χ1) is 15.6. The van der Waals surface area contributed by atoms with Crippen molar-refractivity contribution in [1.29, 1.82) is 0 Å². The SMILES string of the molecule is COc1ccc2nc(N3CCCC(C(=O)N4CCN(C(=O)C5CCCO5)CC4)C3)sc2c1. The molecule has 8 nitrogen and oxygen atoms in total. The average molecular weight is 459 g/mol. The highest BCUT2D eigenvalue weighted by Gasteiger charge is 2.34. The molecule has 0 bridgehead atoms. The summed E-state index contributed by atoms with van der Waals surface area (Å²) in [5.74, 6) is 1.11. The zero-order chi connectivity index (χ0) is 22.1. The van der Waals surface area contributed by atoms with Crippen LogP contribution in [0.25, 0.3) is 10.2 Å². The van der Waals surface area contributed by atoms with Crippen LogP contribution in [0.4, 0.5) is 5.13 Å². The average Bonchev–Trinajstić information content (AvgIpc) is 3.53. The Hall–Kier alpha value is -2.39. The number of anilines is 1. The first kappa shape index (κ1) is 21.5. The minimum Gasteiger partial charge on any atom is -0.497 e. The lowest BCUT2D eigenvalue weighted by Crippen LogP contribution is -2.55. The quantitative estimate of drug-likeness (QED) is 0.700. The molecule has 0 N–H and O–H groups in total. The van der Waals surface area contributed by atoms with Gasteiger partial charge in [-0.3, -0.25) is 9.59 Å². The molecule has 2 amide bonds. The summed E-state index contributed by atoms with van der Waals surface area (Å²) in [6, 6.07) is 5.93. The van der Waals surface area contributed by atoms with Gasteiger partial charge in [0.25, 0.3) is 5.91 Å². The van der Waals surface area contributed by atoms with E-state index < -0.39 is 0 Å². The highest BCUT2D eigenvalue weighted by atomic mass is 32.1. The summed E-state index contributed by atoms with van der Waals surface area (Å²) < 4.78 is 12.0. The molecule has 3 aliphatic rings. The van der Waals surface area contributed by atoms with Gasteiger partial charge in [0, 0.05) is 45.9 Å². The number of fused-ring (bicyclic) bond motifs is 1. The topological polar surface area (TPSA) is 75.2 Å². The Bertz CT molecular complexity index is 982. The summed E-state index contributed by atoms with van der Waals surface area (Å²) in [6.45, 7) is 4.70. The maximum absolute atomic E-state index is 13.3. The summed E-state index contributed by atoms with van der Waals surface area (Å²) in [4.78, 5) is 36.7. The zero-order valence-electron chi connectivity index (χ0n) is 18.5. The minimum absolute atomic E-state index is 0.0225. The summed E-state index contributed by atoms with van der Waals surface area (Å²) in [5, 5.41) is 0.970. The van der Waals surface area contributed by atoms with Crippen LogP contribution in [-0.4, -0.2) is 85.7 Å². The Morgan fingerprint density at radius 3 is 2.56 bits per heavy atom. The number of amides is 2. The Morgan fingerprint density at radius 2 is 1.84 bits per heavy atom. The zero-order valence-corrected chi connectivity index (χ0v) is 19.3. The summed E-state index contributed by atoms with van der Waals surface area (Å²) in [7, 11) is 1.67. The highest BCUT2D eigenvalue weighted by molar-refractivity contribution is 7.22.